The number of H-pyrrole nitrogens is 1. The summed E-state index contributed by atoms with van der Waals surface area (Å²) >= 11 is 0. The molecule has 2 aliphatic rings. The van der Waals surface area contributed by atoms with Gasteiger partial charge in [0.2, 0.25) is 53.2 Å². The van der Waals surface area contributed by atoms with E-state index in [2.05, 4.69) is 63.5 Å². The molecule has 422 valence electrons. The zero-order valence-corrected chi connectivity index (χ0v) is 43.0. The number of amides is 9. The van der Waals surface area contributed by atoms with Crippen LogP contribution in [0.4, 0.5) is 0 Å². The van der Waals surface area contributed by atoms with Crippen LogP contribution in [0, 0.1) is 10.8 Å². The predicted octanol–water partition coefficient (Wildman–Crippen LogP) is -4.11. The summed E-state index contributed by atoms with van der Waals surface area (Å²) in [5.74, 6) is -9.72. The molecule has 0 bridgehead atoms. The fourth-order valence-electron chi connectivity index (χ4n) is 8.80. The average Bonchev–Trinajstić information content (AvgIpc) is 3.81. The van der Waals surface area contributed by atoms with Crippen molar-refractivity contribution in [1.29, 1.82) is 10.8 Å². The van der Waals surface area contributed by atoms with Gasteiger partial charge < -0.3 is 85.8 Å². The van der Waals surface area contributed by atoms with Gasteiger partial charge in [-0.3, -0.25) is 54.0 Å². The molecule has 0 unspecified atom stereocenters. The topological polar surface area (TPSA) is 465 Å². The molecule has 2 aromatic carbocycles. The maximum absolute atomic E-state index is 14.6. The Hall–Kier alpha value is -8.82. The number of carboxylic acid groups (broad SMARTS) is 1. The number of aliphatic carboxylic acids is 1. The van der Waals surface area contributed by atoms with Crippen LogP contribution in [0.15, 0.2) is 60.8 Å². The molecule has 0 aliphatic carbocycles. The van der Waals surface area contributed by atoms with Gasteiger partial charge in [-0.2, -0.15) is 0 Å². The molecule has 9 amide bonds. The predicted molar refractivity (Wildman–Crippen MR) is 283 cm³/mol. The first-order chi connectivity index (χ1) is 37.3. The summed E-state index contributed by atoms with van der Waals surface area (Å²) in [7, 11) is 0. The SMILES string of the molecule is N=C(N)NCCC[C@@H]1NC[C@H](C(=O)N[C@H]2CC(=O)NCCCC[C@@H](C(=O)O)NC(=O)[C@H](Cc3c[nH]c4ccccc34)NC(=O)[C@H](CCCNC(=N)N)NC(=O)[C@@H](Cc3ccccc3)NC(=O)[C@H](CCC(N)=O)NC2=O)NC1=O. The number of guanidine groups is 2. The van der Waals surface area contributed by atoms with Crippen molar-refractivity contribution in [2.24, 2.45) is 17.2 Å². The lowest BCUT2D eigenvalue weighted by Gasteiger charge is -2.31. The minimum Gasteiger partial charge on any atom is -0.480 e. The minimum absolute atomic E-state index is 0.0522. The summed E-state index contributed by atoms with van der Waals surface area (Å²) in [5.41, 5.74) is 18.2. The number of rotatable bonds is 18. The van der Waals surface area contributed by atoms with Gasteiger partial charge in [0.15, 0.2) is 11.9 Å². The van der Waals surface area contributed by atoms with Crippen molar-refractivity contribution >= 4 is 82.0 Å². The van der Waals surface area contributed by atoms with Gasteiger partial charge in [0.25, 0.3) is 0 Å². The number of piperazine rings is 1. The molecule has 2 aliphatic heterocycles. The van der Waals surface area contributed by atoms with E-state index in [4.69, 9.17) is 28.0 Å². The van der Waals surface area contributed by atoms with Crippen molar-refractivity contribution < 1.29 is 53.1 Å². The average molecular weight is 1090 g/mol. The van der Waals surface area contributed by atoms with E-state index in [1.165, 1.54) is 0 Å². The monoisotopic (exact) mass is 1090 g/mol. The first kappa shape index (κ1) is 60.0. The molecule has 28 heteroatoms. The van der Waals surface area contributed by atoms with E-state index in [0.717, 1.165) is 10.9 Å². The number of primary amides is 1. The molecule has 5 rings (SSSR count). The molecule has 3 aromatic rings. The third-order valence-corrected chi connectivity index (χ3v) is 13.0. The van der Waals surface area contributed by atoms with E-state index in [1.54, 1.807) is 54.7 Å². The second-order valence-corrected chi connectivity index (χ2v) is 19.0. The number of hydrogen-bond acceptors (Lipinski definition) is 13. The number of para-hydroxylation sites is 1. The van der Waals surface area contributed by atoms with Crippen LogP contribution < -0.4 is 75.7 Å². The number of aromatic amines is 1. The lowest BCUT2D eigenvalue weighted by Crippen LogP contribution is -2.65. The zero-order valence-electron chi connectivity index (χ0n) is 43.0. The van der Waals surface area contributed by atoms with E-state index in [0.29, 0.717) is 30.5 Å². The van der Waals surface area contributed by atoms with E-state index in [-0.39, 0.29) is 76.5 Å². The zero-order chi connectivity index (χ0) is 56.7. The van der Waals surface area contributed by atoms with Gasteiger partial charge in [-0.15, -0.1) is 0 Å². The molecule has 0 radical (unpaired) electrons. The van der Waals surface area contributed by atoms with Crippen molar-refractivity contribution in [3.05, 3.63) is 71.9 Å². The van der Waals surface area contributed by atoms with E-state index >= 15 is 0 Å². The molecule has 2 fully saturated rings. The summed E-state index contributed by atoms with van der Waals surface area (Å²) < 4.78 is 0. The van der Waals surface area contributed by atoms with Crippen LogP contribution in [0.25, 0.3) is 10.9 Å². The molecule has 2 saturated heterocycles. The molecular weight excluding hydrogens is 1010 g/mol. The highest BCUT2D eigenvalue weighted by Gasteiger charge is 2.37. The van der Waals surface area contributed by atoms with Gasteiger partial charge in [-0.1, -0.05) is 48.5 Å². The number of hydrogen-bond donors (Lipinski definition) is 18. The lowest BCUT2D eigenvalue weighted by molar-refractivity contribution is -0.142. The fourth-order valence-corrected chi connectivity index (χ4v) is 8.80. The Kier molecular flexibility index (Phi) is 23.1. The maximum Gasteiger partial charge on any atom is 0.326 e. The van der Waals surface area contributed by atoms with Gasteiger partial charge in [-0.25, -0.2) is 4.79 Å². The molecule has 78 heavy (non-hydrogen) atoms. The molecule has 1 aromatic heterocycles. The van der Waals surface area contributed by atoms with Crippen molar-refractivity contribution in [2.45, 2.75) is 125 Å². The number of carbonyl (C=O) groups excluding carboxylic acids is 9. The molecular formula is C50H71N17O11. The normalized spacial score (nSPS) is 23.4. The number of nitrogens with two attached hydrogens (primary N) is 3. The second kappa shape index (κ2) is 30.1. The Morgan fingerprint density at radius 3 is 1.82 bits per heavy atom. The Bertz CT molecular complexity index is 2650. The number of fused-ring (bicyclic) bond motifs is 1. The van der Waals surface area contributed by atoms with Gasteiger partial charge in [0.1, 0.15) is 42.3 Å². The number of benzene rings is 2. The summed E-state index contributed by atoms with van der Waals surface area (Å²) in [5, 5.41) is 54.9. The van der Waals surface area contributed by atoms with Crippen LogP contribution in [0.1, 0.15) is 75.3 Å². The summed E-state index contributed by atoms with van der Waals surface area (Å²) in [6.45, 7) is 0.262. The Morgan fingerprint density at radius 2 is 1.18 bits per heavy atom. The number of nitrogens with one attached hydrogen (secondary N) is 14. The van der Waals surface area contributed by atoms with E-state index < -0.39 is 127 Å². The van der Waals surface area contributed by atoms with Crippen molar-refractivity contribution in [1.82, 2.24) is 63.5 Å². The van der Waals surface area contributed by atoms with E-state index in [9.17, 15) is 53.1 Å². The lowest BCUT2D eigenvalue weighted by atomic mass is 10.0. The second-order valence-electron chi connectivity index (χ2n) is 19.0. The first-order valence-corrected chi connectivity index (χ1v) is 25.7. The Balaban J connectivity index is 1.48. The summed E-state index contributed by atoms with van der Waals surface area (Å²) in [6, 6.07) is 4.55. The first-order valence-electron chi connectivity index (χ1n) is 25.7. The van der Waals surface area contributed by atoms with Crippen LogP contribution in [0.3, 0.4) is 0 Å². The maximum atomic E-state index is 14.6. The van der Waals surface area contributed by atoms with Crippen LogP contribution in [-0.4, -0.2) is 156 Å². The Labute approximate surface area is 448 Å². The number of carboxylic acids is 1. The van der Waals surface area contributed by atoms with Crippen molar-refractivity contribution in [2.75, 3.05) is 26.2 Å². The number of carbonyl (C=O) groups is 10. The molecule has 21 N–H and O–H groups in total. The van der Waals surface area contributed by atoms with Crippen LogP contribution >= 0.6 is 0 Å². The summed E-state index contributed by atoms with van der Waals surface area (Å²) in [4.78, 5) is 140. The van der Waals surface area contributed by atoms with Crippen LogP contribution in [0.2, 0.25) is 0 Å². The van der Waals surface area contributed by atoms with E-state index in [1.807, 2.05) is 6.07 Å². The van der Waals surface area contributed by atoms with Crippen molar-refractivity contribution in [3.63, 3.8) is 0 Å². The van der Waals surface area contributed by atoms with Gasteiger partial charge >= 0.3 is 5.97 Å². The third kappa shape index (κ3) is 19.4. The number of aromatic nitrogens is 1. The van der Waals surface area contributed by atoms with Gasteiger partial charge in [0, 0.05) is 62.5 Å². The minimum atomic E-state index is -1.71. The van der Waals surface area contributed by atoms with Gasteiger partial charge in [-0.05, 0) is 68.6 Å². The van der Waals surface area contributed by atoms with Crippen LogP contribution in [-0.2, 0) is 60.8 Å². The third-order valence-electron chi connectivity index (χ3n) is 13.0. The highest BCUT2D eigenvalue weighted by Crippen LogP contribution is 2.20. The highest BCUT2D eigenvalue weighted by molar-refractivity contribution is 5.99. The highest BCUT2D eigenvalue weighted by atomic mass is 16.4. The molecule has 8 atom stereocenters. The quantitative estimate of drug-likeness (QED) is 0.0327. The summed E-state index contributed by atoms with van der Waals surface area (Å²) in [6.07, 6.45) is 0.738. The molecule has 3 heterocycles. The Morgan fingerprint density at radius 1 is 0.628 bits per heavy atom. The standard InChI is InChI=1S/C50H71N17O11/c51-39(68)18-17-33-43(72)64-35(22-27-10-2-1-3-11-27)44(73)61-32(16-9-21-58-50(54)55)42(71)65-36(23-28-25-59-30-13-5-4-12-29(28)30)45(74)63-34(48(77)78)14-6-7-19-56-40(69)24-37(46(75)62-33)66-47(76)38-26-60-31(41(70)67-38)15-8-20-57-49(52)53/h1-5,10-13,25,31-38,59-60H,6-9,14-24,26H2,(H2,51,68)(H,56,69)(H,61,73)(H,62,75)(H,63,74)(H,64,72)(H,65,71)(H,66,76)(H,67,70)(H,77,78)(H4,52,53,57)(H4,54,55,58)/t31-,32-,33-,34-,35+,36-,37-,38+/m0/s1. The molecule has 0 saturated carbocycles. The van der Waals surface area contributed by atoms with Crippen molar-refractivity contribution in [3.8, 4) is 0 Å². The molecule has 28 nitrogen and oxygen atoms in total. The van der Waals surface area contributed by atoms with Crippen LogP contribution in [0.5, 0.6) is 0 Å². The molecule has 0 spiro atoms. The van der Waals surface area contributed by atoms with Gasteiger partial charge in [0.05, 0.1) is 12.5 Å². The fraction of sp³-hybridized carbons (Fsp3) is 0.480. The largest absolute Gasteiger partial charge is 0.480 e. The smallest absolute Gasteiger partial charge is 0.326 e.